The Bertz CT molecular complexity index is 994. The molecular weight excluding hydrogens is 352 g/mol. The molecule has 0 aliphatic carbocycles. The second-order valence-corrected chi connectivity index (χ2v) is 7.30. The Morgan fingerprint density at radius 3 is 2.71 bits per heavy atom. The fourth-order valence-corrected chi connectivity index (χ4v) is 3.36. The number of carbonyl (C=O) groups excluding carboxylic acids is 1. The van der Waals surface area contributed by atoms with Gasteiger partial charge in [-0.15, -0.1) is 0 Å². The van der Waals surface area contributed by atoms with Crippen LogP contribution in [0.15, 0.2) is 30.3 Å². The van der Waals surface area contributed by atoms with E-state index in [-0.39, 0.29) is 5.91 Å². The van der Waals surface area contributed by atoms with Crippen LogP contribution in [0.1, 0.15) is 34.6 Å². The van der Waals surface area contributed by atoms with Crippen LogP contribution in [0.4, 0.5) is 0 Å². The highest BCUT2D eigenvalue weighted by atomic mass is 16.5. The van der Waals surface area contributed by atoms with E-state index >= 15 is 0 Å². The van der Waals surface area contributed by atoms with E-state index in [9.17, 15) is 4.79 Å². The van der Waals surface area contributed by atoms with Crippen molar-refractivity contribution in [2.75, 3.05) is 20.2 Å². The summed E-state index contributed by atoms with van der Waals surface area (Å²) in [6, 6.07) is 9.89. The SMILES string of the molecule is Cc1cccc(OCCN(C)C(=O)CCc2c(C)nc3cc(C)nn3c2C)c1. The van der Waals surface area contributed by atoms with Gasteiger partial charge in [0.2, 0.25) is 5.91 Å². The van der Waals surface area contributed by atoms with Gasteiger partial charge in [0.1, 0.15) is 12.4 Å². The van der Waals surface area contributed by atoms with Crippen molar-refractivity contribution in [3.8, 4) is 5.75 Å². The van der Waals surface area contributed by atoms with Crippen molar-refractivity contribution in [1.82, 2.24) is 19.5 Å². The van der Waals surface area contributed by atoms with Crippen molar-refractivity contribution in [3.63, 3.8) is 0 Å². The number of hydrogen-bond donors (Lipinski definition) is 0. The maximum absolute atomic E-state index is 12.5. The number of amides is 1. The average Bonchev–Trinajstić information content (AvgIpc) is 3.01. The van der Waals surface area contributed by atoms with E-state index < -0.39 is 0 Å². The van der Waals surface area contributed by atoms with Crippen LogP contribution in [0.2, 0.25) is 0 Å². The summed E-state index contributed by atoms with van der Waals surface area (Å²) in [5.41, 5.74) is 6.06. The van der Waals surface area contributed by atoms with Crippen LogP contribution >= 0.6 is 0 Å². The van der Waals surface area contributed by atoms with Crippen LogP contribution in [0.3, 0.4) is 0 Å². The summed E-state index contributed by atoms with van der Waals surface area (Å²) in [4.78, 5) is 18.9. The number of ether oxygens (including phenoxy) is 1. The molecule has 0 fully saturated rings. The number of hydrogen-bond acceptors (Lipinski definition) is 4. The van der Waals surface area contributed by atoms with Crippen LogP contribution < -0.4 is 4.74 Å². The van der Waals surface area contributed by atoms with Crippen LogP contribution in [0.25, 0.3) is 5.65 Å². The van der Waals surface area contributed by atoms with Gasteiger partial charge in [-0.25, -0.2) is 9.50 Å². The molecule has 2 heterocycles. The first-order chi connectivity index (χ1) is 13.3. The van der Waals surface area contributed by atoms with E-state index in [0.717, 1.165) is 39.6 Å². The van der Waals surface area contributed by atoms with Crippen LogP contribution in [-0.2, 0) is 11.2 Å². The predicted molar refractivity (Wildman–Crippen MR) is 110 cm³/mol. The highest BCUT2D eigenvalue weighted by Gasteiger charge is 2.14. The molecule has 3 rings (SSSR count). The Balaban J connectivity index is 1.55. The van der Waals surface area contributed by atoms with Crippen molar-refractivity contribution in [2.24, 2.45) is 0 Å². The van der Waals surface area contributed by atoms with Gasteiger partial charge in [-0.1, -0.05) is 12.1 Å². The number of nitrogens with zero attached hydrogens (tertiary/aromatic N) is 4. The molecule has 148 valence electrons. The molecule has 3 aromatic rings. The Morgan fingerprint density at radius 1 is 1.18 bits per heavy atom. The zero-order valence-corrected chi connectivity index (χ0v) is 17.3. The van der Waals surface area contributed by atoms with Crippen molar-refractivity contribution in [2.45, 2.75) is 40.5 Å². The van der Waals surface area contributed by atoms with Crippen molar-refractivity contribution in [1.29, 1.82) is 0 Å². The first-order valence-corrected chi connectivity index (χ1v) is 9.61. The normalized spacial score (nSPS) is 11.0. The van der Waals surface area contributed by atoms with Crippen LogP contribution in [-0.4, -0.2) is 45.6 Å². The summed E-state index contributed by atoms with van der Waals surface area (Å²) in [5.74, 6) is 0.935. The van der Waals surface area contributed by atoms with Gasteiger partial charge in [-0.2, -0.15) is 5.10 Å². The lowest BCUT2D eigenvalue weighted by molar-refractivity contribution is -0.130. The van der Waals surface area contributed by atoms with Gasteiger partial charge in [-0.05, 0) is 57.4 Å². The molecule has 2 aromatic heterocycles. The summed E-state index contributed by atoms with van der Waals surface area (Å²) in [7, 11) is 1.82. The third kappa shape index (κ3) is 4.50. The number of rotatable bonds is 7. The minimum Gasteiger partial charge on any atom is -0.492 e. The lowest BCUT2D eigenvalue weighted by atomic mass is 10.1. The third-order valence-electron chi connectivity index (χ3n) is 4.99. The fourth-order valence-electron chi connectivity index (χ4n) is 3.36. The second-order valence-electron chi connectivity index (χ2n) is 7.30. The van der Waals surface area contributed by atoms with Crippen molar-refractivity contribution >= 4 is 11.6 Å². The molecule has 0 unspecified atom stereocenters. The quantitative estimate of drug-likeness (QED) is 0.630. The minimum absolute atomic E-state index is 0.100. The molecule has 0 spiro atoms. The molecule has 28 heavy (non-hydrogen) atoms. The lowest BCUT2D eigenvalue weighted by Gasteiger charge is -2.18. The smallest absolute Gasteiger partial charge is 0.222 e. The maximum atomic E-state index is 12.5. The Kier molecular flexibility index (Phi) is 5.97. The summed E-state index contributed by atoms with van der Waals surface area (Å²) in [6.07, 6.45) is 1.09. The Hall–Kier alpha value is -2.89. The zero-order chi connectivity index (χ0) is 20.3. The number of likely N-dealkylation sites (N-methyl/N-ethyl adjacent to an activating group) is 1. The van der Waals surface area contributed by atoms with Gasteiger partial charge < -0.3 is 9.64 Å². The molecule has 0 saturated carbocycles. The van der Waals surface area contributed by atoms with Gasteiger partial charge >= 0.3 is 0 Å². The number of aryl methyl sites for hydroxylation is 4. The van der Waals surface area contributed by atoms with Crippen molar-refractivity contribution < 1.29 is 9.53 Å². The van der Waals surface area contributed by atoms with Gasteiger partial charge in [0, 0.05) is 30.9 Å². The Labute approximate surface area is 166 Å². The van der Waals surface area contributed by atoms with E-state index in [0.29, 0.717) is 26.0 Å². The molecule has 0 aliphatic rings. The van der Waals surface area contributed by atoms with Gasteiger partial charge in [-0.3, -0.25) is 4.79 Å². The minimum atomic E-state index is 0.100. The molecular formula is C22H28N4O2. The summed E-state index contributed by atoms with van der Waals surface area (Å²) < 4.78 is 7.61. The lowest BCUT2D eigenvalue weighted by Crippen LogP contribution is -2.31. The molecule has 1 amide bonds. The molecule has 0 saturated heterocycles. The Morgan fingerprint density at radius 2 is 1.96 bits per heavy atom. The first-order valence-electron chi connectivity index (χ1n) is 9.61. The predicted octanol–water partition coefficient (Wildman–Crippen LogP) is 3.43. The number of aromatic nitrogens is 3. The summed E-state index contributed by atoms with van der Waals surface area (Å²) in [5, 5.41) is 4.49. The zero-order valence-electron chi connectivity index (χ0n) is 17.3. The van der Waals surface area contributed by atoms with E-state index in [1.165, 1.54) is 0 Å². The van der Waals surface area contributed by atoms with Gasteiger partial charge in [0.05, 0.1) is 12.2 Å². The molecule has 6 nitrogen and oxygen atoms in total. The first kappa shape index (κ1) is 19.9. The van der Waals surface area contributed by atoms with E-state index in [4.69, 9.17) is 4.74 Å². The molecule has 6 heteroatoms. The summed E-state index contributed by atoms with van der Waals surface area (Å²) in [6.45, 7) is 9.05. The highest BCUT2D eigenvalue weighted by Crippen LogP contribution is 2.17. The highest BCUT2D eigenvalue weighted by molar-refractivity contribution is 5.76. The fraction of sp³-hybridized carbons (Fsp3) is 0.409. The number of carbonyl (C=O) groups is 1. The van der Waals surface area contributed by atoms with E-state index in [1.807, 2.05) is 69.6 Å². The standard InChI is InChI=1S/C22H28N4O2/c1-15-7-6-8-19(13-15)28-12-11-25(5)22(27)10-9-20-17(3)23-21-14-16(2)24-26(21)18(20)4/h6-8,13-14H,9-12H2,1-5H3. The second kappa shape index (κ2) is 8.42. The van der Waals surface area contributed by atoms with Crippen LogP contribution in [0, 0.1) is 27.7 Å². The summed E-state index contributed by atoms with van der Waals surface area (Å²) >= 11 is 0. The molecule has 0 bridgehead atoms. The number of fused-ring (bicyclic) bond motifs is 1. The van der Waals surface area contributed by atoms with Crippen LogP contribution in [0.5, 0.6) is 5.75 Å². The molecule has 0 radical (unpaired) electrons. The largest absolute Gasteiger partial charge is 0.492 e. The van der Waals surface area contributed by atoms with Crippen molar-refractivity contribution in [3.05, 3.63) is 58.5 Å². The van der Waals surface area contributed by atoms with Gasteiger partial charge in [0.25, 0.3) is 0 Å². The average molecular weight is 380 g/mol. The molecule has 1 aromatic carbocycles. The van der Waals surface area contributed by atoms with E-state index in [2.05, 4.69) is 10.1 Å². The molecule has 0 atom stereocenters. The van der Waals surface area contributed by atoms with E-state index in [1.54, 1.807) is 4.90 Å². The molecule has 0 N–H and O–H groups in total. The maximum Gasteiger partial charge on any atom is 0.222 e. The number of benzene rings is 1. The third-order valence-corrected chi connectivity index (χ3v) is 4.99. The topological polar surface area (TPSA) is 59.7 Å². The van der Waals surface area contributed by atoms with Gasteiger partial charge in [0.15, 0.2) is 5.65 Å². The monoisotopic (exact) mass is 380 g/mol. The molecule has 0 aliphatic heterocycles.